The van der Waals surface area contributed by atoms with E-state index in [2.05, 4.69) is 15.8 Å². The highest BCUT2D eigenvalue weighted by atomic mass is 32.1. The topological polar surface area (TPSA) is 92.2 Å². The highest BCUT2D eigenvalue weighted by Crippen LogP contribution is 2.14. The van der Waals surface area contributed by atoms with Crippen molar-refractivity contribution in [3.8, 4) is 5.75 Å². The molecule has 1 aromatic rings. The highest BCUT2D eigenvalue weighted by molar-refractivity contribution is 7.80. The lowest BCUT2D eigenvalue weighted by Gasteiger charge is -2.12. The molecule has 0 spiro atoms. The minimum Gasteiger partial charge on any atom is -0.482 e. The molecule has 1 saturated heterocycles. The molecule has 8 heteroatoms. The van der Waals surface area contributed by atoms with Gasteiger partial charge in [0.2, 0.25) is 0 Å². The predicted molar refractivity (Wildman–Crippen MR) is 94.5 cm³/mol. The van der Waals surface area contributed by atoms with Gasteiger partial charge in [-0.15, -0.1) is 0 Å². The summed E-state index contributed by atoms with van der Waals surface area (Å²) < 4.78 is 10.7. The molecule has 130 valence electrons. The van der Waals surface area contributed by atoms with Crippen molar-refractivity contribution in [1.29, 1.82) is 0 Å². The second-order valence-corrected chi connectivity index (χ2v) is 5.77. The smallest absolute Gasteiger partial charge is 0.341 e. The molecular weight excluding hydrogens is 330 g/mol. The first-order valence-electron chi connectivity index (χ1n) is 7.69. The van der Waals surface area contributed by atoms with E-state index in [0.717, 1.165) is 25.0 Å². The fourth-order valence-electron chi connectivity index (χ4n) is 2.21. The van der Waals surface area contributed by atoms with E-state index < -0.39 is 5.97 Å². The van der Waals surface area contributed by atoms with Gasteiger partial charge in [-0.2, -0.15) is 5.10 Å². The SMILES string of the molecule is C/C(=N/NC(=S)NC[C@H]1CCCO1)c1cccc(OCC(=O)O)c1. The summed E-state index contributed by atoms with van der Waals surface area (Å²) in [5.74, 6) is -0.543. The van der Waals surface area contributed by atoms with Crippen LogP contribution in [0.25, 0.3) is 0 Å². The minimum atomic E-state index is -1.02. The van der Waals surface area contributed by atoms with Crippen LogP contribution in [0.15, 0.2) is 29.4 Å². The molecule has 0 saturated carbocycles. The van der Waals surface area contributed by atoms with Gasteiger partial charge in [0.05, 0.1) is 11.8 Å². The number of aliphatic carboxylic acids is 1. The van der Waals surface area contributed by atoms with Crippen molar-refractivity contribution in [3.05, 3.63) is 29.8 Å². The number of hydrogen-bond donors (Lipinski definition) is 3. The fraction of sp³-hybridized carbons (Fsp3) is 0.438. The van der Waals surface area contributed by atoms with Crippen LogP contribution in [0, 0.1) is 0 Å². The van der Waals surface area contributed by atoms with E-state index >= 15 is 0 Å². The lowest BCUT2D eigenvalue weighted by Crippen LogP contribution is -2.37. The number of nitrogens with zero attached hydrogens (tertiary/aromatic N) is 1. The normalized spacial score (nSPS) is 17.4. The molecule has 0 unspecified atom stereocenters. The summed E-state index contributed by atoms with van der Waals surface area (Å²) >= 11 is 5.18. The maximum absolute atomic E-state index is 10.5. The maximum atomic E-state index is 10.5. The molecule has 1 atom stereocenters. The van der Waals surface area contributed by atoms with Gasteiger partial charge in [-0.05, 0) is 44.1 Å². The molecule has 0 aliphatic carbocycles. The number of thiocarbonyl (C=S) groups is 1. The van der Waals surface area contributed by atoms with E-state index in [4.69, 9.17) is 26.8 Å². The molecule has 1 heterocycles. The number of rotatable bonds is 7. The Morgan fingerprint density at radius 1 is 1.54 bits per heavy atom. The second-order valence-electron chi connectivity index (χ2n) is 5.36. The van der Waals surface area contributed by atoms with E-state index in [1.165, 1.54) is 0 Å². The first kappa shape index (κ1) is 18.2. The van der Waals surface area contributed by atoms with Crippen LogP contribution in [-0.2, 0) is 9.53 Å². The summed E-state index contributed by atoms with van der Waals surface area (Å²) in [7, 11) is 0. The van der Waals surface area contributed by atoms with Gasteiger partial charge in [-0.25, -0.2) is 4.79 Å². The molecule has 1 aliphatic rings. The number of carboxylic acid groups (broad SMARTS) is 1. The number of carboxylic acids is 1. The summed E-state index contributed by atoms with van der Waals surface area (Å²) in [5.41, 5.74) is 4.31. The number of benzene rings is 1. The maximum Gasteiger partial charge on any atom is 0.341 e. The Kier molecular flexibility index (Phi) is 6.95. The molecule has 0 aromatic heterocycles. The molecule has 1 aromatic carbocycles. The van der Waals surface area contributed by atoms with E-state index in [1.54, 1.807) is 18.2 Å². The lowest BCUT2D eigenvalue weighted by atomic mass is 10.1. The van der Waals surface area contributed by atoms with Gasteiger partial charge >= 0.3 is 5.97 Å². The van der Waals surface area contributed by atoms with Gasteiger partial charge in [0.1, 0.15) is 5.75 Å². The number of ether oxygens (including phenoxy) is 2. The zero-order chi connectivity index (χ0) is 17.4. The molecule has 24 heavy (non-hydrogen) atoms. The summed E-state index contributed by atoms with van der Waals surface area (Å²) in [6.07, 6.45) is 2.34. The first-order chi connectivity index (χ1) is 11.5. The van der Waals surface area contributed by atoms with Gasteiger partial charge in [-0.3, -0.25) is 5.43 Å². The Balaban J connectivity index is 1.84. The summed E-state index contributed by atoms with van der Waals surface area (Å²) in [4.78, 5) is 10.5. The Morgan fingerprint density at radius 3 is 3.08 bits per heavy atom. The number of nitrogens with one attached hydrogen (secondary N) is 2. The zero-order valence-corrected chi connectivity index (χ0v) is 14.3. The first-order valence-corrected chi connectivity index (χ1v) is 8.10. The van der Waals surface area contributed by atoms with Crippen LogP contribution in [0.2, 0.25) is 0 Å². The van der Waals surface area contributed by atoms with Gasteiger partial charge in [0.25, 0.3) is 0 Å². The minimum absolute atomic E-state index is 0.206. The van der Waals surface area contributed by atoms with Crippen molar-refractivity contribution in [1.82, 2.24) is 10.7 Å². The lowest BCUT2D eigenvalue weighted by molar-refractivity contribution is -0.139. The number of hydrazone groups is 1. The number of hydrogen-bond acceptors (Lipinski definition) is 5. The highest BCUT2D eigenvalue weighted by Gasteiger charge is 2.15. The fourth-order valence-corrected chi connectivity index (χ4v) is 2.34. The van der Waals surface area contributed by atoms with Crippen LogP contribution in [-0.4, -0.2) is 47.8 Å². The van der Waals surface area contributed by atoms with Crippen LogP contribution in [0.4, 0.5) is 0 Å². The number of carbonyl (C=O) groups is 1. The van der Waals surface area contributed by atoms with Crippen LogP contribution in [0.3, 0.4) is 0 Å². The molecule has 7 nitrogen and oxygen atoms in total. The molecule has 0 amide bonds. The molecule has 2 rings (SSSR count). The van der Waals surface area contributed by atoms with Crippen LogP contribution in [0.1, 0.15) is 25.3 Å². The third-order valence-electron chi connectivity index (χ3n) is 3.45. The molecule has 3 N–H and O–H groups in total. The van der Waals surface area contributed by atoms with E-state index in [1.807, 2.05) is 13.0 Å². The monoisotopic (exact) mass is 351 g/mol. The standard InChI is InChI=1S/C16H21N3O4S/c1-11(12-4-2-5-13(8-12)23-10-15(20)21)18-19-16(24)17-9-14-6-3-7-22-14/h2,4-5,8,14H,3,6-7,9-10H2,1H3,(H,20,21)(H2,17,19,24)/b18-11-/t14-/m1/s1. The van der Waals surface area contributed by atoms with Gasteiger partial charge < -0.3 is 19.9 Å². The Hall–Kier alpha value is -2.19. The van der Waals surface area contributed by atoms with Crippen molar-refractivity contribution in [2.45, 2.75) is 25.9 Å². The average molecular weight is 351 g/mol. The van der Waals surface area contributed by atoms with Crippen molar-refractivity contribution in [3.63, 3.8) is 0 Å². The van der Waals surface area contributed by atoms with Crippen molar-refractivity contribution in [2.75, 3.05) is 19.8 Å². The van der Waals surface area contributed by atoms with Crippen LogP contribution in [0.5, 0.6) is 5.75 Å². The largest absolute Gasteiger partial charge is 0.482 e. The van der Waals surface area contributed by atoms with Gasteiger partial charge in [0.15, 0.2) is 11.7 Å². The van der Waals surface area contributed by atoms with E-state index in [0.29, 0.717) is 23.1 Å². The Bertz CT molecular complexity index is 615. The summed E-state index contributed by atoms with van der Waals surface area (Å²) in [6, 6.07) is 7.06. The van der Waals surface area contributed by atoms with E-state index in [-0.39, 0.29) is 12.7 Å². The van der Waals surface area contributed by atoms with Gasteiger partial charge in [-0.1, -0.05) is 12.1 Å². The second kappa shape index (κ2) is 9.19. The third-order valence-corrected chi connectivity index (χ3v) is 3.69. The van der Waals surface area contributed by atoms with Gasteiger partial charge in [0, 0.05) is 18.7 Å². The van der Waals surface area contributed by atoms with Crippen molar-refractivity contribution < 1.29 is 19.4 Å². The van der Waals surface area contributed by atoms with Crippen LogP contribution < -0.4 is 15.5 Å². The molecule has 1 fully saturated rings. The van der Waals surface area contributed by atoms with Crippen LogP contribution >= 0.6 is 12.2 Å². The predicted octanol–water partition coefficient (Wildman–Crippen LogP) is 1.52. The molecule has 0 bridgehead atoms. The molecular formula is C16H21N3O4S. The molecule has 0 radical (unpaired) electrons. The summed E-state index contributed by atoms with van der Waals surface area (Å²) in [6.45, 7) is 2.92. The zero-order valence-electron chi connectivity index (χ0n) is 13.4. The van der Waals surface area contributed by atoms with E-state index in [9.17, 15) is 4.79 Å². The quantitative estimate of drug-likeness (QED) is 0.390. The Labute approximate surface area is 146 Å². The van der Waals surface area contributed by atoms with Crippen molar-refractivity contribution in [2.24, 2.45) is 5.10 Å². The molecule has 1 aliphatic heterocycles. The summed E-state index contributed by atoms with van der Waals surface area (Å²) in [5, 5.41) is 16.4. The third kappa shape index (κ3) is 6.13. The van der Waals surface area contributed by atoms with Crippen molar-refractivity contribution >= 4 is 29.0 Å². The average Bonchev–Trinajstić information content (AvgIpc) is 3.09. The Morgan fingerprint density at radius 2 is 2.38 bits per heavy atom.